The average molecular weight is 295 g/mol. The lowest BCUT2D eigenvalue weighted by Crippen LogP contribution is -2.55. The van der Waals surface area contributed by atoms with Crippen LogP contribution in [0, 0.1) is 0 Å². The third-order valence-electron chi connectivity index (χ3n) is 4.83. The fourth-order valence-electron chi connectivity index (χ4n) is 3.93. The number of nitrogens with zero attached hydrogens (tertiary/aromatic N) is 1. The van der Waals surface area contributed by atoms with E-state index < -0.39 is 0 Å². The minimum atomic E-state index is 0.337. The quantitative estimate of drug-likeness (QED) is 0.762. The predicted octanol–water partition coefficient (Wildman–Crippen LogP) is 4.44. The first-order valence-electron chi connectivity index (χ1n) is 8.30. The molecule has 0 spiro atoms. The maximum absolute atomic E-state index is 3.87. The summed E-state index contributed by atoms with van der Waals surface area (Å²) in [5.41, 5.74) is 0.337. The molecular weight excluding hydrogens is 264 g/mol. The van der Waals surface area contributed by atoms with Crippen LogP contribution in [0.1, 0.15) is 63.8 Å². The van der Waals surface area contributed by atoms with Crippen molar-refractivity contribution in [1.29, 1.82) is 0 Å². The van der Waals surface area contributed by atoms with Crippen molar-refractivity contribution in [3.63, 3.8) is 0 Å². The van der Waals surface area contributed by atoms with E-state index in [4.69, 9.17) is 0 Å². The van der Waals surface area contributed by atoms with Crippen molar-refractivity contribution >= 4 is 11.3 Å². The SMILES string of the molecule is CCCNC(c1cccs1)C1(N(CC)CC)CCCC1. The third-order valence-corrected chi connectivity index (χ3v) is 5.76. The van der Waals surface area contributed by atoms with Crippen molar-refractivity contribution in [2.75, 3.05) is 19.6 Å². The molecule has 3 heteroatoms. The van der Waals surface area contributed by atoms with E-state index in [2.05, 4.69) is 48.5 Å². The second-order valence-electron chi connectivity index (χ2n) is 5.89. The van der Waals surface area contributed by atoms with Gasteiger partial charge in [-0.2, -0.15) is 0 Å². The molecule has 20 heavy (non-hydrogen) atoms. The van der Waals surface area contributed by atoms with Gasteiger partial charge >= 0.3 is 0 Å². The summed E-state index contributed by atoms with van der Waals surface area (Å²) < 4.78 is 0. The minimum Gasteiger partial charge on any atom is -0.308 e. The normalized spacial score (nSPS) is 19.6. The standard InChI is InChI=1S/C17H30N2S/c1-4-13-18-16(15-10-9-14-20-15)17(11-7-8-12-17)19(5-2)6-3/h9-10,14,16,18H,4-8,11-13H2,1-3H3. The number of thiophene rings is 1. The Bertz CT molecular complexity index is 364. The van der Waals surface area contributed by atoms with Crippen molar-refractivity contribution in [2.45, 2.75) is 64.5 Å². The molecule has 1 atom stereocenters. The molecule has 1 saturated carbocycles. The fourth-order valence-corrected chi connectivity index (χ4v) is 4.84. The van der Waals surface area contributed by atoms with Gasteiger partial charge in [0.05, 0.1) is 6.04 Å². The van der Waals surface area contributed by atoms with Crippen LogP contribution in [-0.2, 0) is 0 Å². The highest BCUT2D eigenvalue weighted by molar-refractivity contribution is 7.10. The Labute approximate surface area is 128 Å². The molecule has 1 heterocycles. The Kier molecular flexibility index (Phi) is 6.06. The lowest BCUT2D eigenvalue weighted by Gasteiger charge is -2.46. The van der Waals surface area contributed by atoms with Crippen LogP contribution in [0.4, 0.5) is 0 Å². The molecule has 0 saturated heterocycles. The van der Waals surface area contributed by atoms with Crippen LogP contribution >= 0.6 is 11.3 Å². The maximum Gasteiger partial charge on any atom is 0.0601 e. The summed E-state index contributed by atoms with van der Waals surface area (Å²) >= 11 is 1.92. The van der Waals surface area contributed by atoms with Crippen LogP contribution in [0.5, 0.6) is 0 Å². The van der Waals surface area contributed by atoms with E-state index in [0.717, 1.165) is 19.6 Å². The second-order valence-corrected chi connectivity index (χ2v) is 6.86. The fraction of sp³-hybridized carbons (Fsp3) is 0.765. The van der Waals surface area contributed by atoms with Gasteiger partial charge in [0.2, 0.25) is 0 Å². The molecule has 1 aromatic rings. The topological polar surface area (TPSA) is 15.3 Å². The van der Waals surface area contributed by atoms with Crippen LogP contribution in [0.2, 0.25) is 0 Å². The van der Waals surface area contributed by atoms with Gasteiger partial charge < -0.3 is 5.32 Å². The molecule has 1 N–H and O–H groups in total. The summed E-state index contributed by atoms with van der Waals surface area (Å²) in [6.07, 6.45) is 6.65. The first kappa shape index (κ1) is 16.0. The molecule has 1 aromatic heterocycles. The van der Waals surface area contributed by atoms with Gasteiger partial charge in [-0.1, -0.05) is 39.7 Å². The molecule has 2 rings (SSSR count). The zero-order valence-electron chi connectivity index (χ0n) is 13.3. The van der Waals surface area contributed by atoms with Crippen molar-refractivity contribution in [1.82, 2.24) is 10.2 Å². The number of hydrogen-bond acceptors (Lipinski definition) is 3. The summed E-state index contributed by atoms with van der Waals surface area (Å²) in [7, 11) is 0. The highest BCUT2D eigenvalue weighted by atomic mass is 32.1. The molecule has 1 aliphatic rings. The second kappa shape index (κ2) is 7.58. The summed E-state index contributed by atoms with van der Waals surface area (Å²) in [6, 6.07) is 5.03. The highest BCUT2D eigenvalue weighted by Crippen LogP contribution is 2.45. The smallest absolute Gasteiger partial charge is 0.0601 e. The van der Waals surface area contributed by atoms with Gasteiger partial charge in [-0.25, -0.2) is 0 Å². The first-order chi connectivity index (χ1) is 9.78. The van der Waals surface area contributed by atoms with Gasteiger partial charge in [0.15, 0.2) is 0 Å². The van der Waals surface area contributed by atoms with Gasteiger partial charge in [-0.15, -0.1) is 11.3 Å². The zero-order valence-corrected chi connectivity index (χ0v) is 14.1. The molecule has 0 aromatic carbocycles. The van der Waals surface area contributed by atoms with Crippen LogP contribution in [-0.4, -0.2) is 30.1 Å². The summed E-state index contributed by atoms with van der Waals surface area (Å²) in [4.78, 5) is 4.24. The van der Waals surface area contributed by atoms with Crippen molar-refractivity contribution < 1.29 is 0 Å². The van der Waals surface area contributed by atoms with Gasteiger partial charge in [-0.05, 0) is 50.3 Å². The van der Waals surface area contributed by atoms with E-state index in [1.807, 2.05) is 11.3 Å². The van der Waals surface area contributed by atoms with E-state index in [1.54, 1.807) is 0 Å². The molecule has 0 amide bonds. The lowest BCUT2D eigenvalue weighted by molar-refractivity contribution is 0.0639. The Morgan fingerprint density at radius 1 is 1.25 bits per heavy atom. The number of rotatable bonds is 8. The molecule has 0 radical (unpaired) electrons. The summed E-state index contributed by atoms with van der Waals surface area (Å²) in [5, 5.41) is 6.10. The van der Waals surface area contributed by atoms with E-state index in [9.17, 15) is 0 Å². The average Bonchev–Trinajstić information content (AvgIpc) is 3.13. The van der Waals surface area contributed by atoms with Crippen LogP contribution in [0.15, 0.2) is 17.5 Å². The van der Waals surface area contributed by atoms with Crippen LogP contribution < -0.4 is 5.32 Å². The minimum absolute atomic E-state index is 0.337. The third kappa shape index (κ3) is 3.10. The highest BCUT2D eigenvalue weighted by Gasteiger charge is 2.45. The lowest BCUT2D eigenvalue weighted by atomic mass is 9.84. The molecule has 0 aliphatic heterocycles. The first-order valence-corrected chi connectivity index (χ1v) is 9.18. The van der Waals surface area contributed by atoms with E-state index in [-0.39, 0.29) is 0 Å². The monoisotopic (exact) mass is 294 g/mol. The molecule has 114 valence electrons. The Hall–Kier alpha value is -0.380. The molecule has 1 aliphatic carbocycles. The van der Waals surface area contributed by atoms with Gasteiger partial charge in [0.25, 0.3) is 0 Å². The van der Waals surface area contributed by atoms with Gasteiger partial charge in [-0.3, -0.25) is 4.90 Å². The van der Waals surface area contributed by atoms with E-state index >= 15 is 0 Å². The molecule has 1 unspecified atom stereocenters. The summed E-state index contributed by atoms with van der Waals surface area (Å²) in [6.45, 7) is 10.3. The van der Waals surface area contributed by atoms with Crippen LogP contribution in [0.25, 0.3) is 0 Å². The number of hydrogen-bond donors (Lipinski definition) is 1. The van der Waals surface area contributed by atoms with Crippen molar-refractivity contribution in [2.24, 2.45) is 0 Å². The molecular formula is C17H30N2S. The van der Waals surface area contributed by atoms with Crippen molar-refractivity contribution in [3.05, 3.63) is 22.4 Å². The van der Waals surface area contributed by atoms with E-state index in [1.165, 1.54) is 37.0 Å². The zero-order chi connectivity index (χ0) is 14.4. The van der Waals surface area contributed by atoms with Crippen LogP contribution in [0.3, 0.4) is 0 Å². The van der Waals surface area contributed by atoms with Gasteiger partial charge in [0.1, 0.15) is 0 Å². The molecule has 0 bridgehead atoms. The number of likely N-dealkylation sites (N-methyl/N-ethyl adjacent to an activating group) is 1. The number of nitrogens with one attached hydrogen (secondary N) is 1. The Balaban J connectivity index is 2.31. The largest absolute Gasteiger partial charge is 0.308 e. The Morgan fingerprint density at radius 3 is 2.45 bits per heavy atom. The molecule has 1 fully saturated rings. The van der Waals surface area contributed by atoms with Gasteiger partial charge in [0, 0.05) is 10.4 Å². The summed E-state index contributed by atoms with van der Waals surface area (Å²) in [5.74, 6) is 0. The maximum atomic E-state index is 3.87. The Morgan fingerprint density at radius 2 is 1.95 bits per heavy atom. The molecule has 2 nitrogen and oxygen atoms in total. The van der Waals surface area contributed by atoms with E-state index in [0.29, 0.717) is 11.6 Å². The van der Waals surface area contributed by atoms with Crippen molar-refractivity contribution in [3.8, 4) is 0 Å². The predicted molar refractivity (Wildman–Crippen MR) is 89.5 cm³/mol.